The van der Waals surface area contributed by atoms with Crippen molar-refractivity contribution in [1.82, 2.24) is 5.32 Å². The highest BCUT2D eigenvalue weighted by Gasteiger charge is 2.32. The fraction of sp³-hybridized carbons (Fsp3) is 0.143. The number of ketones is 1. The van der Waals surface area contributed by atoms with Crippen molar-refractivity contribution < 1.29 is 14.0 Å². The minimum atomic E-state index is -0.576. The lowest BCUT2D eigenvalue weighted by molar-refractivity contribution is -0.118. The normalized spacial score (nSPS) is 18.6. The summed E-state index contributed by atoms with van der Waals surface area (Å²) in [6, 6.07) is 15.1. The summed E-state index contributed by atoms with van der Waals surface area (Å²) in [4.78, 5) is 24.3. The molecule has 0 bridgehead atoms. The van der Waals surface area contributed by atoms with E-state index in [4.69, 9.17) is 0 Å². The van der Waals surface area contributed by atoms with Gasteiger partial charge in [0.05, 0.1) is 11.5 Å². The van der Waals surface area contributed by atoms with Gasteiger partial charge in [-0.25, -0.2) is 4.39 Å². The number of benzene rings is 2. The third-order valence-electron chi connectivity index (χ3n) is 3.92. The van der Waals surface area contributed by atoms with Crippen molar-refractivity contribution in [2.45, 2.75) is 18.6 Å². The number of carbonyl (C=O) groups excluding carboxylic acids is 2. The number of allylic oxidation sites excluding steroid dienone is 1. The molecule has 3 rings (SSSR count). The molecular formula is C21H18FN3O2S. The number of amidine groups is 1. The van der Waals surface area contributed by atoms with Gasteiger partial charge in [-0.3, -0.25) is 9.59 Å². The number of carbonyl (C=O) groups is 2. The topological polar surface area (TPSA) is 70.9 Å². The Morgan fingerprint density at radius 3 is 2.61 bits per heavy atom. The maximum atomic E-state index is 13.0. The Hall–Kier alpha value is -3.06. The standard InChI is InChI=1S/C21H18FN3O2S/c1-14(11-15-5-3-2-4-6-15)13-23-25-21-24-20(27)19(28-21)12-18(26)16-7-9-17(22)10-8-16/h2-11,13,19H,12H2,1H3,(H,24,25,27)/b14-11-,23-13-. The highest BCUT2D eigenvalue weighted by molar-refractivity contribution is 8.15. The lowest BCUT2D eigenvalue weighted by Gasteiger charge is -2.04. The summed E-state index contributed by atoms with van der Waals surface area (Å²) in [5, 5.41) is 10.4. The molecule has 1 unspecified atom stereocenters. The van der Waals surface area contributed by atoms with Crippen molar-refractivity contribution in [3.63, 3.8) is 0 Å². The largest absolute Gasteiger partial charge is 0.303 e. The molecule has 1 amide bonds. The smallest absolute Gasteiger partial charge is 0.240 e. The zero-order valence-electron chi connectivity index (χ0n) is 15.1. The second-order valence-electron chi connectivity index (χ2n) is 6.18. The van der Waals surface area contributed by atoms with E-state index in [1.165, 1.54) is 24.3 Å². The molecule has 1 aliphatic heterocycles. The van der Waals surface area contributed by atoms with Gasteiger partial charge < -0.3 is 5.32 Å². The van der Waals surface area contributed by atoms with Crippen LogP contribution in [0.3, 0.4) is 0 Å². The SMILES string of the molecule is CC(/C=N\N=C1/NC(=O)C(CC(=O)c2ccc(F)cc2)S1)=C/c1ccccc1. The van der Waals surface area contributed by atoms with Gasteiger partial charge in [-0.2, -0.15) is 5.10 Å². The molecule has 2 aromatic rings. The molecule has 0 aliphatic carbocycles. The Kier molecular flexibility index (Phi) is 6.49. The zero-order chi connectivity index (χ0) is 19.9. The first kappa shape index (κ1) is 19.7. The van der Waals surface area contributed by atoms with E-state index in [1.807, 2.05) is 43.3 Å². The maximum Gasteiger partial charge on any atom is 0.240 e. The van der Waals surface area contributed by atoms with Crippen LogP contribution in [0.4, 0.5) is 4.39 Å². The molecule has 1 fully saturated rings. The molecule has 1 N–H and O–H groups in total. The molecule has 1 heterocycles. The fourth-order valence-corrected chi connectivity index (χ4v) is 3.45. The number of Topliss-reactive ketones (excluding diaryl/α,β-unsaturated/α-hetero) is 1. The molecule has 142 valence electrons. The maximum absolute atomic E-state index is 13.0. The van der Waals surface area contributed by atoms with Crippen molar-refractivity contribution in [3.8, 4) is 0 Å². The summed E-state index contributed by atoms with van der Waals surface area (Å²) >= 11 is 1.16. The van der Waals surface area contributed by atoms with Gasteiger partial charge in [0.15, 0.2) is 11.0 Å². The summed E-state index contributed by atoms with van der Waals surface area (Å²) in [5.74, 6) is -0.918. The lowest BCUT2D eigenvalue weighted by atomic mass is 10.1. The first-order valence-electron chi connectivity index (χ1n) is 8.62. The quantitative estimate of drug-likeness (QED) is 0.455. The highest BCUT2D eigenvalue weighted by atomic mass is 32.2. The number of rotatable bonds is 6. The fourth-order valence-electron chi connectivity index (χ4n) is 2.53. The summed E-state index contributed by atoms with van der Waals surface area (Å²) < 4.78 is 13.0. The summed E-state index contributed by atoms with van der Waals surface area (Å²) in [6.07, 6.45) is 3.58. The second-order valence-corrected chi connectivity index (χ2v) is 7.37. The van der Waals surface area contributed by atoms with E-state index in [-0.39, 0.29) is 18.1 Å². The molecule has 2 aromatic carbocycles. The van der Waals surface area contributed by atoms with E-state index in [0.717, 1.165) is 22.9 Å². The molecule has 1 saturated heterocycles. The summed E-state index contributed by atoms with van der Waals surface area (Å²) in [6.45, 7) is 1.90. The molecule has 28 heavy (non-hydrogen) atoms. The van der Waals surface area contributed by atoms with Crippen LogP contribution in [0.1, 0.15) is 29.3 Å². The van der Waals surface area contributed by atoms with Crippen molar-refractivity contribution in [2.24, 2.45) is 10.2 Å². The van der Waals surface area contributed by atoms with Gasteiger partial charge in [0, 0.05) is 12.0 Å². The van der Waals surface area contributed by atoms with E-state index in [9.17, 15) is 14.0 Å². The second kappa shape index (κ2) is 9.23. The first-order valence-corrected chi connectivity index (χ1v) is 9.50. The van der Waals surface area contributed by atoms with Gasteiger partial charge in [0.2, 0.25) is 5.91 Å². The third-order valence-corrected chi connectivity index (χ3v) is 4.99. The van der Waals surface area contributed by atoms with Crippen LogP contribution in [0.15, 0.2) is 70.4 Å². The minimum absolute atomic E-state index is 0.0117. The minimum Gasteiger partial charge on any atom is -0.303 e. The lowest BCUT2D eigenvalue weighted by Crippen LogP contribution is -2.26. The molecule has 7 heteroatoms. The number of halogens is 1. The average Bonchev–Trinajstić information content (AvgIpc) is 3.02. The zero-order valence-corrected chi connectivity index (χ0v) is 15.9. The number of nitrogens with one attached hydrogen (secondary N) is 1. The third kappa shape index (κ3) is 5.47. The molecule has 0 aromatic heterocycles. The Bertz CT molecular complexity index is 953. The Morgan fingerprint density at radius 1 is 1.18 bits per heavy atom. The number of hydrogen-bond donors (Lipinski definition) is 1. The van der Waals surface area contributed by atoms with Crippen LogP contribution >= 0.6 is 11.8 Å². The van der Waals surface area contributed by atoms with Crippen molar-refractivity contribution in [3.05, 3.63) is 77.1 Å². The van der Waals surface area contributed by atoms with Gasteiger partial charge in [0.1, 0.15) is 5.82 Å². The summed E-state index contributed by atoms with van der Waals surface area (Å²) in [5.41, 5.74) is 2.34. The van der Waals surface area contributed by atoms with Crippen molar-refractivity contribution in [1.29, 1.82) is 0 Å². The molecule has 5 nitrogen and oxygen atoms in total. The van der Waals surface area contributed by atoms with Crippen LogP contribution in [-0.4, -0.2) is 28.3 Å². The van der Waals surface area contributed by atoms with Crippen molar-refractivity contribution in [2.75, 3.05) is 0 Å². The number of nitrogens with zero attached hydrogens (tertiary/aromatic N) is 2. The van der Waals surface area contributed by atoms with Crippen LogP contribution in [-0.2, 0) is 4.79 Å². The Balaban J connectivity index is 1.58. The molecule has 1 atom stereocenters. The number of thioether (sulfide) groups is 1. The number of amides is 1. The van der Waals surface area contributed by atoms with Crippen molar-refractivity contribution >= 4 is 40.9 Å². The van der Waals surface area contributed by atoms with Crippen LogP contribution in [0.2, 0.25) is 0 Å². The van der Waals surface area contributed by atoms with Gasteiger partial charge in [-0.15, -0.1) is 5.10 Å². The van der Waals surface area contributed by atoms with Gasteiger partial charge in [0.25, 0.3) is 0 Å². The number of hydrogen-bond acceptors (Lipinski definition) is 5. The monoisotopic (exact) mass is 395 g/mol. The molecular weight excluding hydrogens is 377 g/mol. The van der Waals surface area contributed by atoms with Gasteiger partial charge >= 0.3 is 0 Å². The van der Waals surface area contributed by atoms with E-state index in [2.05, 4.69) is 15.5 Å². The van der Waals surface area contributed by atoms with E-state index >= 15 is 0 Å². The predicted molar refractivity (Wildman–Crippen MR) is 111 cm³/mol. The molecule has 0 spiro atoms. The van der Waals surface area contributed by atoms with E-state index < -0.39 is 11.1 Å². The molecule has 0 radical (unpaired) electrons. The Morgan fingerprint density at radius 2 is 1.89 bits per heavy atom. The Labute approximate surface area is 166 Å². The van der Waals surface area contributed by atoms with Gasteiger partial charge in [-0.1, -0.05) is 48.2 Å². The average molecular weight is 395 g/mol. The van der Waals surface area contributed by atoms with Crippen LogP contribution in [0.5, 0.6) is 0 Å². The van der Waals surface area contributed by atoms with Crippen LogP contribution in [0, 0.1) is 5.82 Å². The van der Waals surface area contributed by atoms with Crippen LogP contribution in [0.25, 0.3) is 6.08 Å². The summed E-state index contributed by atoms with van der Waals surface area (Å²) in [7, 11) is 0. The van der Waals surface area contributed by atoms with E-state index in [0.29, 0.717) is 10.7 Å². The predicted octanol–water partition coefficient (Wildman–Crippen LogP) is 4.08. The first-order chi connectivity index (χ1) is 13.5. The molecule has 1 aliphatic rings. The van der Waals surface area contributed by atoms with Crippen LogP contribution < -0.4 is 5.32 Å². The molecule has 0 saturated carbocycles. The van der Waals surface area contributed by atoms with E-state index in [1.54, 1.807) is 6.21 Å². The van der Waals surface area contributed by atoms with Gasteiger partial charge in [-0.05, 0) is 42.3 Å². The highest BCUT2D eigenvalue weighted by Crippen LogP contribution is 2.24.